The summed E-state index contributed by atoms with van der Waals surface area (Å²) in [5.41, 5.74) is 1.72. The Morgan fingerprint density at radius 2 is 1.92 bits per heavy atom. The molecule has 0 radical (unpaired) electrons. The Kier molecular flexibility index (Phi) is 8.40. The van der Waals surface area contributed by atoms with Gasteiger partial charge in [0.25, 0.3) is 0 Å². The molecule has 7 rings (SSSR count). The number of ether oxygens (including phenoxy) is 1. The molecule has 3 saturated heterocycles. The second-order valence-electron chi connectivity index (χ2n) is 13.2. The minimum Gasteiger partial charge on any atom is -0.462 e. The second kappa shape index (κ2) is 12.3. The van der Waals surface area contributed by atoms with Crippen molar-refractivity contribution in [2.24, 2.45) is 5.41 Å². The highest BCUT2D eigenvalue weighted by Crippen LogP contribution is 2.48. The molecule has 0 unspecified atom stereocenters. The summed E-state index contributed by atoms with van der Waals surface area (Å²) in [4.78, 5) is 12.8. The first-order valence-electron chi connectivity index (χ1n) is 16.0. The molecule has 8 nitrogen and oxygen atoms in total. The third kappa shape index (κ3) is 5.73. The summed E-state index contributed by atoms with van der Waals surface area (Å²) in [5, 5.41) is 12.8. The number of rotatable bonds is 6. The van der Waals surface area contributed by atoms with Gasteiger partial charge in [0.05, 0.1) is 17.5 Å². The molecule has 3 N–H and O–H groups in total. The van der Waals surface area contributed by atoms with E-state index in [2.05, 4.69) is 20.2 Å². The van der Waals surface area contributed by atoms with Crippen LogP contribution in [0.1, 0.15) is 44.2 Å². The Hall–Kier alpha value is -4.13. The van der Waals surface area contributed by atoms with Crippen LogP contribution in [0.3, 0.4) is 0 Å². The largest absolute Gasteiger partial charge is 0.462 e. The molecule has 258 valence electrons. The van der Waals surface area contributed by atoms with Gasteiger partial charge >= 0.3 is 12.2 Å². The number of nitrogens with two attached hydrogens (primary N) is 1. The van der Waals surface area contributed by atoms with E-state index in [0.29, 0.717) is 44.5 Å². The molecule has 0 amide bonds. The smallest absolute Gasteiger partial charge is 0.417 e. The number of benzene rings is 2. The number of anilines is 2. The van der Waals surface area contributed by atoms with Crippen LogP contribution in [0.2, 0.25) is 0 Å². The second-order valence-corrected chi connectivity index (χ2v) is 14.3. The number of fused-ring (bicyclic) bond motifs is 4. The van der Waals surface area contributed by atoms with Crippen molar-refractivity contribution in [3.05, 3.63) is 52.9 Å². The van der Waals surface area contributed by atoms with Gasteiger partial charge in [-0.2, -0.15) is 28.4 Å². The van der Waals surface area contributed by atoms with Gasteiger partial charge in [0.2, 0.25) is 0 Å². The predicted molar refractivity (Wildman–Crippen MR) is 176 cm³/mol. The number of nitriles is 1. The summed E-state index contributed by atoms with van der Waals surface area (Å²) in [6.07, 6.45) is -2.37. The summed E-state index contributed by atoms with van der Waals surface area (Å²) in [7, 11) is 0. The first-order valence-corrected chi connectivity index (χ1v) is 16.8. The van der Waals surface area contributed by atoms with Gasteiger partial charge in [0.1, 0.15) is 34.8 Å². The van der Waals surface area contributed by atoms with Crippen molar-refractivity contribution in [3.8, 4) is 23.2 Å². The van der Waals surface area contributed by atoms with E-state index >= 15 is 8.78 Å². The molecule has 0 spiro atoms. The van der Waals surface area contributed by atoms with E-state index in [-0.39, 0.29) is 56.6 Å². The molecule has 49 heavy (non-hydrogen) atoms. The Balaban J connectivity index is 1.45. The number of halogens is 6. The van der Waals surface area contributed by atoms with Crippen LogP contribution in [0.15, 0.2) is 30.1 Å². The average Bonchev–Trinajstić information content (AvgIpc) is 3.59. The molecule has 3 aliphatic heterocycles. The molecule has 2 bridgehead atoms. The maximum absolute atomic E-state index is 17.1. The zero-order chi connectivity index (χ0) is 34.8. The first-order chi connectivity index (χ1) is 23.3. The van der Waals surface area contributed by atoms with Crippen molar-refractivity contribution < 1.29 is 31.1 Å². The number of thiophene rings is 1. The van der Waals surface area contributed by atoms with Crippen LogP contribution in [0.25, 0.3) is 32.1 Å². The van der Waals surface area contributed by atoms with Crippen LogP contribution in [0.4, 0.5) is 37.2 Å². The highest BCUT2D eigenvalue weighted by atomic mass is 32.1. The molecular weight excluding hydrogens is 668 g/mol. The van der Waals surface area contributed by atoms with Crippen LogP contribution >= 0.6 is 11.3 Å². The summed E-state index contributed by atoms with van der Waals surface area (Å²) in [6.45, 7) is 6.44. The molecule has 3 fully saturated rings. The highest BCUT2D eigenvalue weighted by Gasteiger charge is 2.41. The predicted octanol–water partition coefficient (Wildman–Crippen LogP) is 7.17. The maximum atomic E-state index is 17.1. The Bertz CT molecular complexity index is 2030. The summed E-state index contributed by atoms with van der Waals surface area (Å²) in [6, 6.07) is 4.61. The van der Waals surface area contributed by atoms with E-state index in [0.717, 1.165) is 42.9 Å². The van der Waals surface area contributed by atoms with E-state index in [9.17, 15) is 22.8 Å². The van der Waals surface area contributed by atoms with Gasteiger partial charge in [-0.15, -0.1) is 11.3 Å². The number of hydrogen-bond acceptors (Lipinski definition) is 9. The van der Waals surface area contributed by atoms with E-state index in [1.165, 1.54) is 6.07 Å². The van der Waals surface area contributed by atoms with Crippen LogP contribution in [0, 0.1) is 28.4 Å². The van der Waals surface area contributed by atoms with Gasteiger partial charge in [-0.05, 0) is 49.6 Å². The molecule has 2 aromatic heterocycles. The van der Waals surface area contributed by atoms with Crippen molar-refractivity contribution in [2.45, 2.75) is 51.4 Å². The minimum absolute atomic E-state index is 0.0349. The number of aromatic nitrogens is 2. The highest BCUT2D eigenvalue weighted by molar-refractivity contribution is 7.23. The van der Waals surface area contributed by atoms with Crippen LogP contribution in [0.5, 0.6) is 6.01 Å². The lowest BCUT2D eigenvalue weighted by molar-refractivity contribution is -0.137. The molecule has 0 saturated carbocycles. The number of nitrogens with zero attached hydrogens (tertiary/aromatic N) is 5. The number of likely N-dealkylation sites (tertiary alicyclic amines) is 1. The number of nitrogens with one attached hydrogen (secondary N) is 1. The normalized spacial score (nSPS) is 23.9. The molecular formula is C34H33F6N7OS. The Labute approximate surface area is 282 Å². The summed E-state index contributed by atoms with van der Waals surface area (Å²) < 4.78 is 98.0. The van der Waals surface area contributed by atoms with E-state index < -0.39 is 45.4 Å². The van der Waals surface area contributed by atoms with Crippen LogP contribution in [-0.4, -0.2) is 66.3 Å². The number of piperidine rings is 1. The van der Waals surface area contributed by atoms with Crippen molar-refractivity contribution >= 4 is 43.1 Å². The van der Waals surface area contributed by atoms with Gasteiger partial charge in [0, 0.05) is 70.3 Å². The van der Waals surface area contributed by atoms with Gasteiger partial charge in [-0.1, -0.05) is 13.8 Å². The summed E-state index contributed by atoms with van der Waals surface area (Å²) in [5.74, 6) is -2.55. The van der Waals surface area contributed by atoms with Crippen LogP contribution in [-0.2, 0) is 6.18 Å². The molecule has 4 aromatic rings. The Morgan fingerprint density at radius 1 is 1.18 bits per heavy atom. The molecule has 0 aliphatic carbocycles. The molecule has 15 heteroatoms. The summed E-state index contributed by atoms with van der Waals surface area (Å²) >= 11 is 0.889. The van der Waals surface area contributed by atoms with Crippen molar-refractivity contribution in [3.63, 3.8) is 0 Å². The number of nitrogen functional groups attached to an aromatic ring is 1. The average molecular weight is 702 g/mol. The molecule has 3 atom stereocenters. The lowest BCUT2D eigenvalue weighted by Crippen LogP contribution is -2.51. The van der Waals surface area contributed by atoms with Crippen molar-refractivity contribution in [2.75, 3.05) is 50.0 Å². The fourth-order valence-corrected chi connectivity index (χ4v) is 8.48. The lowest BCUT2D eigenvalue weighted by atomic mass is 9.78. The van der Waals surface area contributed by atoms with Gasteiger partial charge in [0.15, 0.2) is 5.82 Å². The van der Waals surface area contributed by atoms with E-state index in [1.807, 2.05) is 19.9 Å². The first kappa shape index (κ1) is 33.4. The third-order valence-electron chi connectivity index (χ3n) is 10.1. The monoisotopic (exact) mass is 701 g/mol. The fraction of sp³-hybridized carbons (Fsp3) is 0.441. The molecule has 5 heterocycles. The van der Waals surface area contributed by atoms with E-state index in [4.69, 9.17) is 10.5 Å². The maximum Gasteiger partial charge on any atom is 0.417 e. The fourth-order valence-electron chi connectivity index (χ4n) is 7.55. The third-order valence-corrected chi connectivity index (χ3v) is 11.0. The number of alkyl halides is 3. The minimum atomic E-state index is -5.14. The molecule has 3 aliphatic rings. The topological polar surface area (TPSA) is 103 Å². The van der Waals surface area contributed by atoms with Crippen molar-refractivity contribution in [1.82, 2.24) is 20.2 Å². The van der Waals surface area contributed by atoms with Crippen LogP contribution < -0.4 is 20.7 Å². The zero-order valence-electron chi connectivity index (χ0n) is 26.7. The van der Waals surface area contributed by atoms with Gasteiger partial charge in [-0.3, -0.25) is 0 Å². The SMILES string of the molecule is CCN1CC/C(=C\F)[C@](C)(COc2nc(N3C[C@H]4CC[C@@H](C3)N4)c3cc(C(F)(F)F)c(-c4c(F)ccc5sc(N)c(C#N)c45)c(F)c3n2)C1. The van der Waals surface area contributed by atoms with Gasteiger partial charge in [-0.25, -0.2) is 13.2 Å². The molecule has 2 aromatic carbocycles. The Morgan fingerprint density at radius 3 is 2.57 bits per heavy atom. The zero-order valence-corrected chi connectivity index (χ0v) is 27.5. The number of hydrogen-bond donors (Lipinski definition) is 2. The standard InChI is InChI=1S/C34H33F6N7OS/c1-3-46-9-8-17(11-35)33(2,15-46)16-48-32-44-29-20(31(45-32)47-13-18-4-5-19(14-47)43-18)10-22(34(38,39)40)26(28(29)37)27-23(36)6-7-24-25(27)21(12-41)30(42)49-24/h6-7,10-11,18-19,43H,3-5,8-9,13-16,42H2,1-2H3/b17-11+/t18-,19+,33-/m0/s1. The quantitative estimate of drug-likeness (QED) is 0.204. The van der Waals surface area contributed by atoms with E-state index in [1.54, 1.807) is 4.90 Å². The van der Waals surface area contributed by atoms with Gasteiger partial charge < -0.3 is 25.6 Å². The lowest BCUT2D eigenvalue weighted by Gasteiger charge is -2.41. The number of piperazine rings is 1. The van der Waals surface area contributed by atoms with Crippen molar-refractivity contribution in [1.29, 1.82) is 5.26 Å².